The molecule has 0 N–H and O–H groups in total. The summed E-state index contributed by atoms with van der Waals surface area (Å²) in [6, 6.07) is 9.79. The number of ether oxygens (including phenoxy) is 1. The zero-order valence-corrected chi connectivity index (χ0v) is 19.8. The standard InChI is InChI=1S/C26H34N2O3/c1-9-20(26(10-2,17-27)22(29)15-24(3,4)5)19-16-28(23(30)31-25(6,7)8)21-14-12-11-13-18(19)21/h9,11-14,16,20H,1,10,15H2,2-8H3/t20-,26+/m0/s1. The van der Waals surface area contributed by atoms with Crippen LogP contribution in [0.2, 0.25) is 0 Å². The van der Waals surface area contributed by atoms with Crippen molar-refractivity contribution < 1.29 is 14.3 Å². The molecule has 0 aliphatic rings. The summed E-state index contributed by atoms with van der Waals surface area (Å²) in [5.41, 5.74) is -0.766. The van der Waals surface area contributed by atoms with E-state index in [1.54, 1.807) is 12.3 Å². The van der Waals surface area contributed by atoms with Gasteiger partial charge in [0.05, 0.1) is 11.6 Å². The Hall–Kier alpha value is -2.87. The zero-order chi connectivity index (χ0) is 23.6. The van der Waals surface area contributed by atoms with Crippen molar-refractivity contribution in [3.8, 4) is 6.07 Å². The summed E-state index contributed by atoms with van der Waals surface area (Å²) in [4.78, 5) is 26.3. The minimum absolute atomic E-state index is 0.107. The highest BCUT2D eigenvalue weighted by molar-refractivity contribution is 5.95. The highest BCUT2D eigenvalue weighted by atomic mass is 16.6. The molecule has 0 aliphatic carbocycles. The number of nitriles is 1. The Morgan fingerprint density at radius 2 is 1.81 bits per heavy atom. The Labute approximate surface area is 185 Å². The summed E-state index contributed by atoms with van der Waals surface area (Å²) in [5.74, 6) is -0.671. The lowest BCUT2D eigenvalue weighted by Gasteiger charge is -2.33. The average molecular weight is 423 g/mol. The first kappa shape index (κ1) is 24.4. The SMILES string of the molecule is C=C[C@@H](c1cn(C(=O)OC(C)(C)C)c2ccccc12)[C@](C#N)(CC)C(=O)CC(C)(C)C. The summed E-state index contributed by atoms with van der Waals surface area (Å²) < 4.78 is 7.03. The molecule has 166 valence electrons. The zero-order valence-electron chi connectivity index (χ0n) is 19.8. The number of benzene rings is 1. The Morgan fingerprint density at radius 3 is 2.29 bits per heavy atom. The molecular formula is C26H34N2O3. The molecule has 2 aromatic rings. The van der Waals surface area contributed by atoms with Gasteiger partial charge in [0, 0.05) is 23.9 Å². The second kappa shape index (κ2) is 8.70. The number of aromatic nitrogens is 1. The van der Waals surface area contributed by atoms with E-state index < -0.39 is 23.0 Å². The second-order valence-corrected chi connectivity index (χ2v) is 10.3. The number of allylic oxidation sites excluding steroid dienone is 1. The average Bonchev–Trinajstić information content (AvgIpc) is 3.03. The van der Waals surface area contributed by atoms with Crippen molar-refractivity contribution in [1.82, 2.24) is 4.57 Å². The maximum absolute atomic E-state index is 13.4. The molecule has 5 heteroatoms. The molecule has 2 atom stereocenters. The van der Waals surface area contributed by atoms with Crippen LogP contribution in [-0.2, 0) is 9.53 Å². The Morgan fingerprint density at radius 1 is 1.19 bits per heavy atom. The molecule has 0 amide bonds. The molecule has 2 rings (SSSR count). The molecule has 0 saturated carbocycles. The number of para-hydroxylation sites is 1. The fourth-order valence-electron chi connectivity index (χ4n) is 3.95. The smallest absolute Gasteiger partial charge is 0.419 e. The molecule has 0 bridgehead atoms. The first-order valence-electron chi connectivity index (χ1n) is 10.7. The number of Topliss-reactive ketones (excluding diaryl/α,β-unsaturated/α-hetero) is 1. The summed E-state index contributed by atoms with van der Waals surface area (Å²) >= 11 is 0. The van der Waals surface area contributed by atoms with E-state index in [9.17, 15) is 14.9 Å². The van der Waals surface area contributed by atoms with Gasteiger partial charge in [-0.2, -0.15) is 5.26 Å². The Kier molecular flexibility index (Phi) is 6.85. The summed E-state index contributed by atoms with van der Waals surface area (Å²) in [5, 5.41) is 11.0. The van der Waals surface area contributed by atoms with Crippen LogP contribution in [0.25, 0.3) is 10.9 Å². The van der Waals surface area contributed by atoms with Gasteiger partial charge in [0.1, 0.15) is 11.0 Å². The van der Waals surface area contributed by atoms with Crippen LogP contribution >= 0.6 is 0 Å². The van der Waals surface area contributed by atoms with Gasteiger partial charge in [-0.3, -0.25) is 9.36 Å². The maximum Gasteiger partial charge on any atom is 0.419 e. The van der Waals surface area contributed by atoms with E-state index in [0.717, 1.165) is 10.9 Å². The first-order valence-corrected chi connectivity index (χ1v) is 10.7. The van der Waals surface area contributed by atoms with Crippen molar-refractivity contribution in [2.45, 2.75) is 72.8 Å². The predicted molar refractivity (Wildman–Crippen MR) is 124 cm³/mol. The largest absolute Gasteiger partial charge is 0.443 e. The third kappa shape index (κ3) is 5.07. The van der Waals surface area contributed by atoms with Gasteiger partial charge in [-0.15, -0.1) is 6.58 Å². The molecule has 0 saturated heterocycles. The monoisotopic (exact) mass is 422 g/mol. The van der Waals surface area contributed by atoms with Gasteiger partial charge in [-0.25, -0.2) is 4.79 Å². The highest BCUT2D eigenvalue weighted by Crippen LogP contribution is 2.45. The number of carbonyl (C=O) groups is 2. The number of fused-ring (bicyclic) bond motifs is 1. The van der Waals surface area contributed by atoms with Gasteiger partial charge in [-0.05, 0) is 44.2 Å². The van der Waals surface area contributed by atoms with E-state index in [0.29, 0.717) is 11.9 Å². The molecule has 0 aliphatic heterocycles. The van der Waals surface area contributed by atoms with E-state index >= 15 is 0 Å². The number of nitrogens with zero attached hydrogens (tertiary/aromatic N) is 2. The van der Waals surface area contributed by atoms with E-state index in [1.807, 2.05) is 72.7 Å². The van der Waals surface area contributed by atoms with Crippen LogP contribution in [-0.4, -0.2) is 22.0 Å². The quantitative estimate of drug-likeness (QED) is 0.490. The molecular weight excluding hydrogens is 388 g/mol. The van der Waals surface area contributed by atoms with Crippen LogP contribution < -0.4 is 0 Å². The molecule has 1 heterocycles. The lowest BCUT2D eigenvalue weighted by atomic mass is 9.65. The van der Waals surface area contributed by atoms with Crippen LogP contribution in [0.1, 0.15) is 72.8 Å². The molecule has 0 spiro atoms. The van der Waals surface area contributed by atoms with Crippen molar-refractivity contribution in [3.63, 3.8) is 0 Å². The molecule has 1 aromatic heterocycles. The van der Waals surface area contributed by atoms with Gasteiger partial charge < -0.3 is 4.74 Å². The molecule has 1 aromatic carbocycles. The summed E-state index contributed by atoms with van der Waals surface area (Å²) in [6.45, 7) is 17.2. The number of ketones is 1. The molecule has 0 unspecified atom stereocenters. The van der Waals surface area contributed by atoms with Crippen LogP contribution in [0, 0.1) is 22.2 Å². The predicted octanol–water partition coefficient (Wildman–Crippen LogP) is 6.62. The van der Waals surface area contributed by atoms with Crippen LogP contribution in [0.3, 0.4) is 0 Å². The lowest BCUT2D eigenvalue weighted by Crippen LogP contribution is -2.37. The van der Waals surface area contributed by atoms with E-state index in [2.05, 4.69) is 12.6 Å². The Bertz CT molecular complexity index is 1030. The van der Waals surface area contributed by atoms with Crippen molar-refractivity contribution >= 4 is 22.8 Å². The maximum atomic E-state index is 13.4. The molecule has 5 nitrogen and oxygen atoms in total. The summed E-state index contributed by atoms with van der Waals surface area (Å²) in [7, 11) is 0. The van der Waals surface area contributed by atoms with Crippen molar-refractivity contribution in [2.24, 2.45) is 10.8 Å². The number of hydrogen-bond acceptors (Lipinski definition) is 4. The van der Waals surface area contributed by atoms with Gasteiger partial charge in [0.25, 0.3) is 0 Å². The lowest BCUT2D eigenvalue weighted by molar-refractivity contribution is -0.128. The van der Waals surface area contributed by atoms with Crippen LogP contribution in [0.5, 0.6) is 0 Å². The van der Waals surface area contributed by atoms with E-state index in [4.69, 9.17) is 4.74 Å². The fraction of sp³-hybridized carbons (Fsp3) is 0.500. The first-order chi connectivity index (χ1) is 14.3. The van der Waals surface area contributed by atoms with E-state index in [1.165, 1.54) is 4.57 Å². The van der Waals surface area contributed by atoms with Crippen molar-refractivity contribution in [1.29, 1.82) is 5.26 Å². The minimum Gasteiger partial charge on any atom is -0.443 e. The van der Waals surface area contributed by atoms with Gasteiger partial charge in [-0.1, -0.05) is 52.0 Å². The van der Waals surface area contributed by atoms with Crippen molar-refractivity contribution in [2.75, 3.05) is 0 Å². The van der Waals surface area contributed by atoms with Crippen LogP contribution in [0.4, 0.5) is 4.79 Å². The molecule has 31 heavy (non-hydrogen) atoms. The van der Waals surface area contributed by atoms with E-state index in [-0.39, 0.29) is 17.6 Å². The normalized spacial score (nSPS) is 15.0. The third-order valence-corrected chi connectivity index (χ3v) is 5.38. The Balaban J connectivity index is 2.70. The van der Waals surface area contributed by atoms with Crippen LogP contribution in [0.15, 0.2) is 43.1 Å². The minimum atomic E-state index is -1.27. The number of hydrogen-bond donors (Lipinski definition) is 0. The molecule has 0 radical (unpaired) electrons. The third-order valence-electron chi connectivity index (χ3n) is 5.38. The highest BCUT2D eigenvalue weighted by Gasteiger charge is 2.45. The number of rotatable bonds is 6. The van der Waals surface area contributed by atoms with Gasteiger partial charge >= 0.3 is 6.09 Å². The number of carbonyl (C=O) groups excluding carboxylic acids is 2. The second-order valence-electron chi connectivity index (χ2n) is 10.3. The van der Waals surface area contributed by atoms with Gasteiger partial charge in [0.15, 0.2) is 5.78 Å². The molecule has 0 fully saturated rings. The topological polar surface area (TPSA) is 72.1 Å². The van der Waals surface area contributed by atoms with Crippen molar-refractivity contribution in [3.05, 3.63) is 48.7 Å². The van der Waals surface area contributed by atoms with Gasteiger partial charge in [0.2, 0.25) is 0 Å². The fourth-order valence-corrected chi connectivity index (χ4v) is 3.95. The summed E-state index contributed by atoms with van der Waals surface area (Å²) in [6.07, 6.45) is 3.48.